The number of nitro benzene ring substituents is 2. The maximum absolute atomic E-state index is 11.4. The molecule has 0 saturated heterocycles. The summed E-state index contributed by atoms with van der Waals surface area (Å²) in [6.07, 6.45) is 0. The number of carboxylic acid groups (broad SMARTS) is 1. The first-order valence-corrected chi connectivity index (χ1v) is 6.81. The smallest absolute Gasteiger partial charge is 0.338 e. The standard InChI is InChI=1S/C14H10ClN3O6/c1-7-2-3-8(4-11(7)15)16-13-10(14(19)20)5-9(17(21)22)6-12(13)18(23)24/h2-6,16H,1H3,(H,19,20). The Morgan fingerprint density at radius 2 is 1.83 bits per heavy atom. The number of nitrogens with one attached hydrogen (secondary N) is 1. The Morgan fingerprint density at radius 3 is 2.33 bits per heavy atom. The molecule has 0 atom stereocenters. The number of hydrogen-bond donors (Lipinski definition) is 2. The van der Waals surface area contributed by atoms with E-state index in [-0.39, 0.29) is 5.69 Å². The van der Waals surface area contributed by atoms with Crippen LogP contribution in [0.25, 0.3) is 0 Å². The molecule has 0 aliphatic rings. The van der Waals surface area contributed by atoms with Gasteiger partial charge in [-0.15, -0.1) is 0 Å². The van der Waals surface area contributed by atoms with Crippen molar-refractivity contribution in [2.45, 2.75) is 6.92 Å². The van der Waals surface area contributed by atoms with Gasteiger partial charge < -0.3 is 10.4 Å². The fourth-order valence-corrected chi connectivity index (χ4v) is 2.16. The van der Waals surface area contributed by atoms with Crippen LogP contribution in [0.15, 0.2) is 30.3 Å². The molecule has 0 fully saturated rings. The van der Waals surface area contributed by atoms with Gasteiger partial charge in [0.25, 0.3) is 11.4 Å². The Kier molecular flexibility index (Phi) is 4.65. The van der Waals surface area contributed by atoms with Gasteiger partial charge in [-0.05, 0) is 24.6 Å². The molecule has 2 rings (SSSR count). The molecule has 0 saturated carbocycles. The Hall–Kier alpha value is -3.20. The van der Waals surface area contributed by atoms with Crippen molar-refractivity contribution in [3.8, 4) is 0 Å². The zero-order chi connectivity index (χ0) is 18.0. The van der Waals surface area contributed by atoms with Crippen molar-refractivity contribution in [1.82, 2.24) is 0 Å². The molecule has 124 valence electrons. The summed E-state index contributed by atoms with van der Waals surface area (Å²) >= 11 is 5.97. The normalized spacial score (nSPS) is 10.2. The molecule has 0 amide bonds. The third-order valence-corrected chi connectivity index (χ3v) is 3.59. The van der Waals surface area contributed by atoms with E-state index in [0.29, 0.717) is 16.8 Å². The molecule has 2 aromatic carbocycles. The number of aromatic carboxylic acids is 1. The topological polar surface area (TPSA) is 136 Å². The van der Waals surface area contributed by atoms with E-state index in [1.807, 2.05) is 0 Å². The highest BCUT2D eigenvalue weighted by Gasteiger charge is 2.27. The minimum absolute atomic E-state index is 0.310. The van der Waals surface area contributed by atoms with Crippen LogP contribution in [0.1, 0.15) is 15.9 Å². The molecular weight excluding hydrogens is 342 g/mol. The average molecular weight is 352 g/mol. The molecule has 0 radical (unpaired) electrons. The van der Waals surface area contributed by atoms with Crippen molar-refractivity contribution in [3.63, 3.8) is 0 Å². The molecule has 0 spiro atoms. The molecule has 10 heteroatoms. The fourth-order valence-electron chi connectivity index (χ4n) is 1.98. The van der Waals surface area contributed by atoms with E-state index in [4.69, 9.17) is 11.6 Å². The first-order valence-electron chi connectivity index (χ1n) is 6.44. The highest BCUT2D eigenvalue weighted by Crippen LogP contribution is 2.36. The Labute approximate surface area is 139 Å². The number of anilines is 2. The summed E-state index contributed by atoms with van der Waals surface area (Å²) in [5.41, 5.74) is -1.29. The first-order chi connectivity index (χ1) is 11.2. The maximum Gasteiger partial charge on any atom is 0.338 e. The SMILES string of the molecule is Cc1ccc(Nc2c(C(=O)O)cc([N+](=O)[O-])cc2[N+](=O)[O-])cc1Cl. The van der Waals surface area contributed by atoms with Crippen LogP contribution < -0.4 is 5.32 Å². The summed E-state index contributed by atoms with van der Waals surface area (Å²) in [7, 11) is 0. The molecule has 9 nitrogen and oxygen atoms in total. The molecule has 0 aromatic heterocycles. The van der Waals surface area contributed by atoms with Gasteiger partial charge in [0.1, 0.15) is 5.69 Å². The molecular formula is C14H10ClN3O6. The van der Waals surface area contributed by atoms with Gasteiger partial charge in [-0.2, -0.15) is 0 Å². The van der Waals surface area contributed by atoms with Crippen LogP contribution in [0, 0.1) is 27.2 Å². The quantitative estimate of drug-likeness (QED) is 0.615. The Bertz CT molecular complexity index is 833. The lowest BCUT2D eigenvalue weighted by Crippen LogP contribution is -2.07. The Morgan fingerprint density at radius 1 is 1.17 bits per heavy atom. The fraction of sp³-hybridized carbons (Fsp3) is 0.0714. The lowest BCUT2D eigenvalue weighted by molar-refractivity contribution is -0.393. The van der Waals surface area contributed by atoms with Gasteiger partial charge in [0.05, 0.1) is 21.5 Å². The van der Waals surface area contributed by atoms with Crippen LogP contribution >= 0.6 is 11.6 Å². The minimum atomic E-state index is -1.54. The van der Waals surface area contributed by atoms with E-state index >= 15 is 0 Å². The van der Waals surface area contributed by atoms with Gasteiger partial charge >= 0.3 is 5.97 Å². The Balaban J connectivity index is 2.65. The first kappa shape index (κ1) is 17.2. The number of carboxylic acids is 1. The van der Waals surface area contributed by atoms with E-state index in [1.54, 1.807) is 19.1 Å². The van der Waals surface area contributed by atoms with E-state index in [9.17, 15) is 30.1 Å². The third kappa shape index (κ3) is 3.41. The number of non-ortho nitro benzene ring substituents is 1. The lowest BCUT2D eigenvalue weighted by atomic mass is 10.1. The molecule has 0 unspecified atom stereocenters. The third-order valence-electron chi connectivity index (χ3n) is 3.18. The van der Waals surface area contributed by atoms with Crippen LogP contribution in [0.4, 0.5) is 22.7 Å². The zero-order valence-electron chi connectivity index (χ0n) is 12.1. The second kappa shape index (κ2) is 6.50. The second-order valence-corrected chi connectivity index (χ2v) is 5.20. The van der Waals surface area contributed by atoms with Crippen molar-refractivity contribution in [1.29, 1.82) is 0 Å². The summed E-state index contributed by atoms with van der Waals surface area (Å²) < 4.78 is 0. The summed E-state index contributed by atoms with van der Waals surface area (Å²) in [6, 6.07) is 6.12. The number of rotatable bonds is 5. The van der Waals surface area contributed by atoms with Crippen molar-refractivity contribution >= 4 is 40.3 Å². The number of hydrogen-bond acceptors (Lipinski definition) is 6. The monoisotopic (exact) mass is 351 g/mol. The molecule has 0 heterocycles. The summed E-state index contributed by atoms with van der Waals surface area (Å²) in [6.45, 7) is 1.75. The van der Waals surface area contributed by atoms with Crippen LogP contribution in [0.3, 0.4) is 0 Å². The highest BCUT2D eigenvalue weighted by molar-refractivity contribution is 6.31. The highest BCUT2D eigenvalue weighted by atomic mass is 35.5. The number of carbonyl (C=O) groups is 1. The zero-order valence-corrected chi connectivity index (χ0v) is 12.9. The van der Waals surface area contributed by atoms with Crippen molar-refractivity contribution < 1.29 is 19.7 Å². The van der Waals surface area contributed by atoms with Crippen molar-refractivity contribution in [2.75, 3.05) is 5.32 Å². The number of benzene rings is 2. The lowest BCUT2D eigenvalue weighted by Gasteiger charge is -2.11. The molecule has 2 N–H and O–H groups in total. The van der Waals surface area contributed by atoms with Crippen LogP contribution in [-0.2, 0) is 0 Å². The molecule has 0 aliphatic heterocycles. The predicted octanol–water partition coefficient (Wildman–Crippen LogP) is 3.91. The van der Waals surface area contributed by atoms with Crippen molar-refractivity contribution in [2.24, 2.45) is 0 Å². The van der Waals surface area contributed by atoms with Crippen molar-refractivity contribution in [3.05, 3.63) is 66.7 Å². The van der Waals surface area contributed by atoms with Gasteiger partial charge in [0.15, 0.2) is 0 Å². The van der Waals surface area contributed by atoms with E-state index in [0.717, 1.165) is 11.6 Å². The van der Waals surface area contributed by atoms with E-state index in [1.165, 1.54) is 6.07 Å². The van der Waals surface area contributed by atoms with E-state index < -0.39 is 32.8 Å². The number of aryl methyl sites for hydroxylation is 1. The average Bonchev–Trinajstić information content (AvgIpc) is 2.50. The maximum atomic E-state index is 11.4. The molecule has 0 bridgehead atoms. The molecule has 2 aromatic rings. The van der Waals surface area contributed by atoms with Crippen LogP contribution in [-0.4, -0.2) is 20.9 Å². The number of nitro groups is 2. The summed E-state index contributed by atoms with van der Waals surface area (Å²) in [5, 5.41) is 34.3. The van der Waals surface area contributed by atoms with E-state index in [2.05, 4.69) is 5.32 Å². The number of halogens is 1. The summed E-state index contributed by atoms with van der Waals surface area (Å²) in [4.78, 5) is 31.6. The van der Waals surface area contributed by atoms with Gasteiger partial charge in [-0.1, -0.05) is 17.7 Å². The van der Waals surface area contributed by atoms with Gasteiger partial charge in [-0.25, -0.2) is 4.79 Å². The van der Waals surface area contributed by atoms with Gasteiger partial charge in [0, 0.05) is 16.8 Å². The van der Waals surface area contributed by atoms with Crippen LogP contribution in [0.2, 0.25) is 5.02 Å². The largest absolute Gasteiger partial charge is 0.478 e. The van der Waals surface area contributed by atoms with Crippen LogP contribution in [0.5, 0.6) is 0 Å². The number of nitrogens with zero attached hydrogens (tertiary/aromatic N) is 2. The van der Waals surface area contributed by atoms with Gasteiger partial charge in [-0.3, -0.25) is 20.2 Å². The minimum Gasteiger partial charge on any atom is -0.478 e. The predicted molar refractivity (Wildman–Crippen MR) is 86.2 cm³/mol. The second-order valence-electron chi connectivity index (χ2n) is 4.80. The van der Waals surface area contributed by atoms with Gasteiger partial charge in [0.2, 0.25) is 0 Å². The summed E-state index contributed by atoms with van der Waals surface area (Å²) in [5.74, 6) is -1.54. The molecule has 24 heavy (non-hydrogen) atoms. The molecule has 0 aliphatic carbocycles.